The van der Waals surface area contributed by atoms with Gasteiger partial charge >= 0.3 is 6.18 Å². The molecule has 3 atom stereocenters. The highest BCUT2D eigenvalue weighted by Crippen LogP contribution is 2.54. The Morgan fingerprint density at radius 2 is 1.97 bits per heavy atom. The number of nitrogens with zero attached hydrogens (tertiary/aromatic N) is 5. The van der Waals surface area contributed by atoms with Crippen LogP contribution in [0.3, 0.4) is 0 Å². The number of carbonyl (C=O) groups is 1. The second kappa shape index (κ2) is 8.35. The first-order valence-corrected chi connectivity index (χ1v) is 11.4. The fourth-order valence-corrected chi connectivity index (χ4v) is 4.91. The molecule has 7 nitrogen and oxygen atoms in total. The molecular weight excluding hydrogens is 467 g/mol. The largest absolute Gasteiger partial charge is 0.438 e. The molecule has 1 saturated carbocycles. The van der Waals surface area contributed by atoms with Gasteiger partial charge in [0.15, 0.2) is 5.16 Å². The third kappa shape index (κ3) is 4.13. The number of carbonyl (C=O) groups excluding carboxylic acids is 1. The number of hydrogen-bond donors (Lipinski definition) is 1. The van der Waals surface area contributed by atoms with Crippen molar-refractivity contribution in [2.45, 2.75) is 62.1 Å². The van der Waals surface area contributed by atoms with Crippen LogP contribution in [0.5, 0.6) is 0 Å². The van der Waals surface area contributed by atoms with Crippen molar-refractivity contribution in [1.82, 2.24) is 19.8 Å². The topological polar surface area (TPSA) is 83.6 Å². The van der Waals surface area contributed by atoms with Gasteiger partial charge in [-0.25, -0.2) is 0 Å². The number of alkyl halides is 3. The lowest BCUT2D eigenvalue weighted by atomic mass is 10.1. The second-order valence-electron chi connectivity index (χ2n) is 7.91. The maximum atomic E-state index is 13.4. The van der Waals surface area contributed by atoms with E-state index in [0.29, 0.717) is 22.6 Å². The van der Waals surface area contributed by atoms with Crippen molar-refractivity contribution in [2.24, 2.45) is 5.10 Å². The number of aromatic nitrogens is 3. The van der Waals surface area contributed by atoms with Crippen LogP contribution in [0, 0.1) is 0 Å². The lowest BCUT2D eigenvalue weighted by Gasteiger charge is -2.32. The maximum absolute atomic E-state index is 13.4. The highest BCUT2D eigenvalue weighted by atomic mass is 35.5. The number of hydrazone groups is 1. The molecule has 172 valence electrons. The summed E-state index contributed by atoms with van der Waals surface area (Å²) >= 11 is 6.93. The molecule has 12 heteroatoms. The Morgan fingerprint density at radius 3 is 2.59 bits per heavy atom. The molecule has 4 rings (SSSR count). The molecule has 1 aliphatic heterocycles. The molecular formula is C20H21ClF3N5O2S. The molecule has 0 saturated heterocycles. The summed E-state index contributed by atoms with van der Waals surface area (Å²) in [4.78, 5) is 12.5. The van der Waals surface area contributed by atoms with Crippen molar-refractivity contribution in [3.63, 3.8) is 0 Å². The van der Waals surface area contributed by atoms with Gasteiger partial charge < -0.3 is 9.67 Å². The van der Waals surface area contributed by atoms with E-state index in [-0.39, 0.29) is 22.4 Å². The van der Waals surface area contributed by atoms with Gasteiger partial charge in [0, 0.05) is 29.6 Å². The summed E-state index contributed by atoms with van der Waals surface area (Å²) in [6.45, 7) is 3.80. The highest BCUT2D eigenvalue weighted by molar-refractivity contribution is 7.99. The first kappa shape index (κ1) is 23.1. The molecule has 0 radical (unpaired) electrons. The van der Waals surface area contributed by atoms with Crippen LogP contribution in [-0.4, -0.2) is 54.2 Å². The second-order valence-corrected chi connectivity index (χ2v) is 9.28. The van der Waals surface area contributed by atoms with E-state index in [0.717, 1.165) is 29.6 Å². The van der Waals surface area contributed by atoms with Crippen molar-refractivity contribution in [3.8, 4) is 0 Å². The molecule has 1 aliphatic carbocycles. The summed E-state index contributed by atoms with van der Waals surface area (Å²) in [6, 6.07) is 7.64. The molecule has 2 aliphatic rings. The highest BCUT2D eigenvalue weighted by Gasteiger charge is 2.62. The predicted octanol–water partition coefficient (Wildman–Crippen LogP) is 4.17. The van der Waals surface area contributed by atoms with Crippen molar-refractivity contribution < 1.29 is 23.1 Å². The molecule has 1 N–H and O–H groups in total. The minimum atomic E-state index is -5.02. The summed E-state index contributed by atoms with van der Waals surface area (Å²) in [5, 5.41) is 23.4. The van der Waals surface area contributed by atoms with E-state index in [9.17, 15) is 23.1 Å². The third-order valence-electron chi connectivity index (χ3n) is 5.62. The van der Waals surface area contributed by atoms with E-state index in [2.05, 4.69) is 15.3 Å². The smallest absolute Gasteiger partial charge is 0.362 e. The van der Waals surface area contributed by atoms with Crippen LogP contribution < -0.4 is 0 Å². The molecule has 2 heterocycles. The third-order valence-corrected chi connectivity index (χ3v) is 6.82. The Labute approximate surface area is 191 Å². The summed E-state index contributed by atoms with van der Waals surface area (Å²) in [7, 11) is 0. The van der Waals surface area contributed by atoms with Gasteiger partial charge in [0.2, 0.25) is 0 Å². The van der Waals surface area contributed by atoms with Crippen molar-refractivity contribution in [3.05, 3.63) is 40.7 Å². The lowest BCUT2D eigenvalue weighted by molar-refractivity contribution is -0.301. The average molecular weight is 488 g/mol. The quantitative estimate of drug-likeness (QED) is 0.618. The Kier molecular flexibility index (Phi) is 6.01. The van der Waals surface area contributed by atoms with E-state index in [1.54, 1.807) is 0 Å². The zero-order chi connectivity index (χ0) is 23.3. The van der Waals surface area contributed by atoms with E-state index in [1.165, 1.54) is 6.92 Å². The summed E-state index contributed by atoms with van der Waals surface area (Å²) in [5.74, 6) is -0.0631. The monoisotopic (exact) mass is 487 g/mol. The normalized spacial score (nSPS) is 25.2. The van der Waals surface area contributed by atoms with E-state index in [4.69, 9.17) is 11.6 Å². The van der Waals surface area contributed by atoms with Crippen LogP contribution >= 0.6 is 23.4 Å². The molecule has 1 fully saturated rings. The standard InChI is InChI=1S/C20H21ClF3N5O2S/c1-3-28-17(15-8-14(15)12-4-6-13(21)7-5-12)25-26-18(28)32-10-16(30)29-19(31,20(22,23)24)9-11(2)27-29/h4-7,14-15,31H,3,8-10H2,1-2H3/t14-,15-,19-/m1/s1. The summed E-state index contributed by atoms with van der Waals surface area (Å²) in [5.41, 5.74) is -2.13. The SMILES string of the molecule is CCn1c(SCC(=O)N2N=C(C)C[C@@]2(O)C(F)(F)F)nnc1[C@@H]1C[C@@H]1c1ccc(Cl)cc1. The van der Waals surface area contributed by atoms with Crippen LogP contribution in [0.1, 0.15) is 49.9 Å². The van der Waals surface area contributed by atoms with Crippen molar-refractivity contribution in [2.75, 3.05) is 5.75 Å². The van der Waals surface area contributed by atoms with E-state index < -0.39 is 24.2 Å². The number of benzene rings is 1. The number of hydrogen-bond acceptors (Lipinski definition) is 6. The fraction of sp³-hybridized carbons (Fsp3) is 0.500. The van der Waals surface area contributed by atoms with Gasteiger partial charge in [0.1, 0.15) is 5.82 Å². The van der Waals surface area contributed by atoms with Gasteiger partial charge in [-0.15, -0.1) is 10.2 Å². The van der Waals surface area contributed by atoms with Gasteiger partial charge in [0.05, 0.1) is 5.75 Å². The number of rotatable bonds is 6. The van der Waals surface area contributed by atoms with Gasteiger partial charge in [-0.2, -0.15) is 23.3 Å². The Bertz CT molecular complexity index is 1060. The number of halogens is 4. The summed E-state index contributed by atoms with van der Waals surface area (Å²) in [6.07, 6.45) is -4.88. The van der Waals surface area contributed by atoms with Gasteiger partial charge in [0.25, 0.3) is 11.6 Å². The molecule has 1 aromatic carbocycles. The molecule has 0 bridgehead atoms. The molecule has 2 aromatic rings. The number of aliphatic hydroxyl groups is 1. The van der Waals surface area contributed by atoms with Gasteiger partial charge in [-0.1, -0.05) is 35.5 Å². The first-order valence-electron chi connectivity index (χ1n) is 10.0. The van der Waals surface area contributed by atoms with E-state index >= 15 is 0 Å². The molecule has 32 heavy (non-hydrogen) atoms. The average Bonchev–Trinajstić information content (AvgIpc) is 3.29. The zero-order valence-electron chi connectivity index (χ0n) is 17.3. The van der Waals surface area contributed by atoms with Crippen LogP contribution in [0.2, 0.25) is 5.02 Å². The molecule has 0 spiro atoms. The maximum Gasteiger partial charge on any atom is 0.438 e. The first-order chi connectivity index (χ1) is 15.0. The van der Waals surface area contributed by atoms with Crippen LogP contribution in [0.15, 0.2) is 34.5 Å². The molecule has 1 aromatic heterocycles. The Morgan fingerprint density at radius 1 is 1.28 bits per heavy atom. The fourth-order valence-electron chi connectivity index (χ4n) is 3.93. The van der Waals surface area contributed by atoms with Gasteiger partial charge in [-0.05, 0) is 43.9 Å². The zero-order valence-corrected chi connectivity index (χ0v) is 18.9. The lowest BCUT2D eigenvalue weighted by Crippen LogP contribution is -2.57. The Balaban J connectivity index is 1.45. The Hall–Kier alpha value is -2.11. The number of thioether (sulfide) groups is 1. The van der Waals surface area contributed by atoms with Crippen molar-refractivity contribution >= 4 is 35.0 Å². The van der Waals surface area contributed by atoms with Crippen LogP contribution in [0.4, 0.5) is 13.2 Å². The van der Waals surface area contributed by atoms with Crippen LogP contribution in [-0.2, 0) is 11.3 Å². The van der Waals surface area contributed by atoms with Crippen molar-refractivity contribution in [1.29, 1.82) is 0 Å². The van der Waals surface area contributed by atoms with Crippen LogP contribution in [0.25, 0.3) is 0 Å². The summed E-state index contributed by atoms with van der Waals surface area (Å²) < 4.78 is 41.9. The molecule has 1 amide bonds. The minimum Gasteiger partial charge on any atom is -0.362 e. The minimum absolute atomic E-state index is 0.0316. The van der Waals surface area contributed by atoms with Gasteiger partial charge in [-0.3, -0.25) is 4.79 Å². The number of amides is 1. The predicted molar refractivity (Wildman–Crippen MR) is 114 cm³/mol. The molecule has 0 unspecified atom stereocenters. The van der Waals surface area contributed by atoms with E-state index in [1.807, 2.05) is 35.8 Å².